The van der Waals surface area contributed by atoms with E-state index in [2.05, 4.69) is 16.6 Å². The Morgan fingerprint density at radius 3 is 2.58 bits per heavy atom. The largest absolute Gasteiger partial charge is 0.347 e. The topological polar surface area (TPSA) is 58.2 Å². The van der Waals surface area contributed by atoms with Crippen LogP contribution in [0.25, 0.3) is 0 Å². The van der Waals surface area contributed by atoms with Gasteiger partial charge in [-0.1, -0.05) is 41.3 Å². The van der Waals surface area contributed by atoms with Crippen molar-refractivity contribution in [3.05, 3.63) is 63.6 Å². The van der Waals surface area contributed by atoms with Gasteiger partial charge < -0.3 is 10.6 Å². The fourth-order valence-electron chi connectivity index (χ4n) is 2.31. The summed E-state index contributed by atoms with van der Waals surface area (Å²) in [6.07, 6.45) is 6.99. The number of nitrogens with one attached hydrogen (secondary N) is 2. The molecular formula is C20H18Cl2N2O2. The van der Waals surface area contributed by atoms with Crippen LogP contribution in [-0.4, -0.2) is 18.4 Å². The van der Waals surface area contributed by atoms with E-state index in [0.29, 0.717) is 40.6 Å². The van der Waals surface area contributed by atoms with Gasteiger partial charge in [0.05, 0.1) is 16.6 Å². The van der Waals surface area contributed by atoms with E-state index in [-0.39, 0.29) is 18.4 Å². The summed E-state index contributed by atoms with van der Waals surface area (Å²) >= 11 is 11.8. The molecule has 2 rings (SSSR count). The molecule has 6 heteroatoms. The predicted octanol–water partition coefficient (Wildman–Crippen LogP) is 4.05. The molecule has 26 heavy (non-hydrogen) atoms. The molecule has 4 nitrogen and oxygen atoms in total. The first kappa shape index (κ1) is 19.8. The van der Waals surface area contributed by atoms with Crippen LogP contribution in [0.5, 0.6) is 0 Å². The highest BCUT2D eigenvalue weighted by molar-refractivity contribution is 6.42. The molecule has 0 saturated carbocycles. The van der Waals surface area contributed by atoms with Gasteiger partial charge in [-0.25, -0.2) is 0 Å². The quantitative estimate of drug-likeness (QED) is 0.702. The normalized spacial score (nSPS) is 10.0. The summed E-state index contributed by atoms with van der Waals surface area (Å²) in [5.41, 5.74) is 2.28. The van der Waals surface area contributed by atoms with Crippen molar-refractivity contribution in [2.45, 2.75) is 19.3 Å². The average molecular weight is 389 g/mol. The number of rotatable bonds is 7. The molecule has 0 fully saturated rings. The zero-order valence-corrected chi connectivity index (χ0v) is 15.5. The Hall–Kier alpha value is -2.48. The van der Waals surface area contributed by atoms with E-state index in [1.54, 1.807) is 36.4 Å². The summed E-state index contributed by atoms with van der Waals surface area (Å²) in [6.45, 7) is -0.0914. The fourth-order valence-corrected chi connectivity index (χ4v) is 2.63. The summed E-state index contributed by atoms with van der Waals surface area (Å²) in [4.78, 5) is 23.7. The molecule has 0 heterocycles. The molecular weight excluding hydrogens is 371 g/mol. The first-order valence-electron chi connectivity index (χ1n) is 8.05. The number of benzene rings is 2. The van der Waals surface area contributed by atoms with E-state index in [1.165, 1.54) is 0 Å². The van der Waals surface area contributed by atoms with Crippen LogP contribution in [0.1, 0.15) is 24.0 Å². The van der Waals surface area contributed by atoms with Crippen LogP contribution < -0.4 is 10.6 Å². The second-order valence-corrected chi connectivity index (χ2v) is 6.47. The van der Waals surface area contributed by atoms with Crippen molar-refractivity contribution in [3.63, 3.8) is 0 Å². The lowest BCUT2D eigenvalue weighted by atomic mass is 10.1. The highest BCUT2D eigenvalue weighted by Crippen LogP contribution is 2.23. The van der Waals surface area contributed by atoms with Crippen molar-refractivity contribution in [1.29, 1.82) is 0 Å². The van der Waals surface area contributed by atoms with E-state index >= 15 is 0 Å². The van der Waals surface area contributed by atoms with E-state index in [1.807, 2.05) is 6.07 Å². The molecule has 2 aromatic rings. The number of amides is 2. The van der Waals surface area contributed by atoms with E-state index in [4.69, 9.17) is 29.6 Å². The second kappa shape index (κ2) is 9.86. The molecule has 0 atom stereocenters. The molecule has 2 amide bonds. The molecule has 2 N–H and O–H groups in total. The number of carbonyl (C=O) groups is 2. The van der Waals surface area contributed by atoms with Crippen molar-refractivity contribution in [1.82, 2.24) is 5.32 Å². The van der Waals surface area contributed by atoms with Crippen LogP contribution in [-0.2, 0) is 16.0 Å². The molecule has 134 valence electrons. The average Bonchev–Trinajstić information content (AvgIpc) is 2.63. The van der Waals surface area contributed by atoms with Gasteiger partial charge in [-0.2, -0.15) is 0 Å². The Bertz CT molecular complexity index is 844. The molecule has 0 spiro atoms. The van der Waals surface area contributed by atoms with Crippen LogP contribution >= 0.6 is 23.2 Å². The van der Waals surface area contributed by atoms with Gasteiger partial charge >= 0.3 is 0 Å². The lowest BCUT2D eigenvalue weighted by molar-refractivity contribution is -0.124. The van der Waals surface area contributed by atoms with E-state index in [9.17, 15) is 9.59 Å². The van der Waals surface area contributed by atoms with Gasteiger partial charge in [0.2, 0.25) is 11.8 Å². The number of hydrogen-bond acceptors (Lipinski definition) is 2. The number of hydrogen-bond donors (Lipinski definition) is 2. The molecule has 0 radical (unpaired) electrons. The SMILES string of the molecule is C#Cc1cccc(NC(=O)CNC(=O)CCCc2ccc(Cl)c(Cl)c2)c1. The maximum absolute atomic E-state index is 11.9. The lowest BCUT2D eigenvalue weighted by Gasteiger charge is -2.08. The minimum Gasteiger partial charge on any atom is -0.347 e. The zero-order valence-electron chi connectivity index (χ0n) is 14.0. The highest BCUT2D eigenvalue weighted by Gasteiger charge is 2.07. The van der Waals surface area contributed by atoms with E-state index in [0.717, 1.165) is 5.56 Å². The molecule has 0 bridgehead atoms. The third-order valence-electron chi connectivity index (χ3n) is 3.61. The van der Waals surface area contributed by atoms with Gasteiger partial charge in [0.1, 0.15) is 0 Å². The maximum Gasteiger partial charge on any atom is 0.243 e. The van der Waals surface area contributed by atoms with Crippen molar-refractivity contribution < 1.29 is 9.59 Å². The number of halogens is 2. The Balaban J connectivity index is 1.70. The van der Waals surface area contributed by atoms with Crippen molar-refractivity contribution in [2.75, 3.05) is 11.9 Å². The Kier molecular flexibility index (Phi) is 7.53. The van der Waals surface area contributed by atoms with Crippen molar-refractivity contribution in [3.8, 4) is 12.3 Å². The number of aryl methyl sites for hydroxylation is 1. The molecule has 0 unspecified atom stereocenters. The Labute approximate surface area is 162 Å². The van der Waals surface area contributed by atoms with Gasteiger partial charge in [0.25, 0.3) is 0 Å². The molecule has 0 aromatic heterocycles. The fraction of sp³-hybridized carbons (Fsp3) is 0.200. The van der Waals surface area contributed by atoms with Gasteiger partial charge in [0, 0.05) is 17.7 Å². The summed E-state index contributed by atoms with van der Waals surface area (Å²) in [5, 5.41) is 6.29. The van der Waals surface area contributed by atoms with Crippen LogP contribution in [0.15, 0.2) is 42.5 Å². The Morgan fingerprint density at radius 1 is 1.04 bits per heavy atom. The van der Waals surface area contributed by atoms with Crippen molar-refractivity contribution >= 4 is 40.7 Å². The van der Waals surface area contributed by atoms with Gasteiger partial charge in [-0.3, -0.25) is 9.59 Å². The minimum absolute atomic E-state index is 0.0914. The summed E-state index contributed by atoms with van der Waals surface area (Å²) in [5.74, 6) is 2.01. The van der Waals surface area contributed by atoms with Crippen LogP contribution in [0.4, 0.5) is 5.69 Å². The number of terminal acetylenes is 1. The molecule has 0 saturated heterocycles. The molecule has 0 aliphatic rings. The number of anilines is 1. The molecule has 0 aliphatic carbocycles. The second-order valence-electron chi connectivity index (χ2n) is 5.65. The van der Waals surface area contributed by atoms with Crippen LogP contribution in [0.2, 0.25) is 10.0 Å². The van der Waals surface area contributed by atoms with Gasteiger partial charge in [0.15, 0.2) is 0 Å². The zero-order chi connectivity index (χ0) is 18.9. The first-order valence-corrected chi connectivity index (χ1v) is 8.80. The maximum atomic E-state index is 11.9. The third-order valence-corrected chi connectivity index (χ3v) is 4.35. The standard InChI is InChI=1S/C20H18Cl2N2O2/c1-2-14-5-3-7-16(11-14)24-20(26)13-23-19(25)8-4-6-15-9-10-17(21)18(22)12-15/h1,3,5,7,9-12H,4,6,8,13H2,(H,23,25)(H,24,26). The van der Waals surface area contributed by atoms with E-state index < -0.39 is 0 Å². The van der Waals surface area contributed by atoms with Crippen LogP contribution in [0, 0.1) is 12.3 Å². The molecule has 0 aliphatic heterocycles. The number of carbonyl (C=O) groups excluding carboxylic acids is 2. The predicted molar refractivity (Wildman–Crippen MR) is 105 cm³/mol. The monoisotopic (exact) mass is 388 g/mol. The van der Waals surface area contributed by atoms with Crippen molar-refractivity contribution in [2.24, 2.45) is 0 Å². The smallest absolute Gasteiger partial charge is 0.243 e. The summed E-state index contributed by atoms with van der Waals surface area (Å²) < 4.78 is 0. The van der Waals surface area contributed by atoms with Crippen LogP contribution in [0.3, 0.4) is 0 Å². The highest BCUT2D eigenvalue weighted by atomic mass is 35.5. The third kappa shape index (κ3) is 6.44. The summed E-state index contributed by atoms with van der Waals surface area (Å²) in [7, 11) is 0. The first-order chi connectivity index (χ1) is 12.5. The minimum atomic E-state index is -0.308. The van der Waals surface area contributed by atoms with Gasteiger partial charge in [-0.15, -0.1) is 6.42 Å². The molecule has 2 aromatic carbocycles. The lowest BCUT2D eigenvalue weighted by Crippen LogP contribution is -2.32. The van der Waals surface area contributed by atoms with Gasteiger partial charge in [-0.05, 0) is 48.7 Å². The Morgan fingerprint density at radius 2 is 1.85 bits per heavy atom. The summed E-state index contributed by atoms with van der Waals surface area (Å²) in [6, 6.07) is 12.4.